The standard InChI is InChI=1S/C27H32N4O2/c1-21-13-14-23(19-26(21)31-18-10-15-28-31)27(33)29-16-8-4-3-5-9-17-30(22(2)32)25-12-7-6-11-24(25)20-29/h6-7,10-15,18-19H,3-5,8-9,16-17,20H2,1-2H3. The predicted octanol–water partition coefficient (Wildman–Crippen LogP) is 5.14. The highest BCUT2D eigenvalue weighted by Gasteiger charge is 2.22. The van der Waals surface area contributed by atoms with E-state index in [1.807, 2.05) is 71.5 Å². The quantitative estimate of drug-likeness (QED) is 0.550. The van der Waals surface area contributed by atoms with E-state index in [0.29, 0.717) is 25.2 Å². The average Bonchev–Trinajstić information content (AvgIpc) is 3.34. The van der Waals surface area contributed by atoms with Gasteiger partial charge in [0, 0.05) is 50.2 Å². The monoisotopic (exact) mass is 444 g/mol. The van der Waals surface area contributed by atoms with Crippen LogP contribution in [-0.2, 0) is 11.3 Å². The van der Waals surface area contributed by atoms with Gasteiger partial charge in [-0.3, -0.25) is 9.59 Å². The maximum Gasteiger partial charge on any atom is 0.254 e. The molecule has 1 aliphatic rings. The van der Waals surface area contributed by atoms with E-state index in [0.717, 1.165) is 54.6 Å². The van der Waals surface area contributed by atoms with Gasteiger partial charge in [0.2, 0.25) is 5.91 Å². The van der Waals surface area contributed by atoms with Crippen molar-refractivity contribution >= 4 is 17.5 Å². The van der Waals surface area contributed by atoms with Crippen LogP contribution in [0, 0.1) is 6.92 Å². The Morgan fingerprint density at radius 1 is 0.879 bits per heavy atom. The zero-order valence-corrected chi connectivity index (χ0v) is 19.5. The summed E-state index contributed by atoms with van der Waals surface area (Å²) in [6.07, 6.45) is 8.88. The van der Waals surface area contributed by atoms with E-state index in [2.05, 4.69) is 5.10 Å². The summed E-state index contributed by atoms with van der Waals surface area (Å²) in [6.45, 7) is 5.52. The first-order valence-corrected chi connectivity index (χ1v) is 11.8. The molecule has 3 aromatic rings. The summed E-state index contributed by atoms with van der Waals surface area (Å²) in [5, 5.41) is 4.34. The summed E-state index contributed by atoms with van der Waals surface area (Å²) in [6, 6.07) is 15.6. The highest BCUT2D eigenvalue weighted by molar-refractivity contribution is 5.95. The second-order valence-electron chi connectivity index (χ2n) is 8.75. The van der Waals surface area contributed by atoms with Gasteiger partial charge in [-0.1, -0.05) is 43.5 Å². The Morgan fingerprint density at radius 2 is 1.64 bits per heavy atom. The molecule has 0 atom stereocenters. The van der Waals surface area contributed by atoms with E-state index in [4.69, 9.17) is 0 Å². The number of rotatable bonds is 2. The fourth-order valence-corrected chi connectivity index (χ4v) is 4.50. The number of aryl methyl sites for hydroxylation is 1. The van der Waals surface area contributed by atoms with E-state index in [1.54, 1.807) is 17.8 Å². The number of carbonyl (C=O) groups excluding carboxylic acids is 2. The predicted molar refractivity (Wildman–Crippen MR) is 131 cm³/mol. The Hall–Kier alpha value is -3.41. The molecule has 0 fully saturated rings. The zero-order chi connectivity index (χ0) is 23.2. The second kappa shape index (κ2) is 10.5. The normalized spacial score (nSPS) is 15.3. The third-order valence-corrected chi connectivity index (χ3v) is 6.33. The summed E-state index contributed by atoms with van der Waals surface area (Å²) in [5.74, 6) is 0.0458. The molecule has 4 rings (SSSR count). The van der Waals surface area contributed by atoms with Gasteiger partial charge in [0.25, 0.3) is 5.91 Å². The topological polar surface area (TPSA) is 58.4 Å². The molecule has 0 radical (unpaired) electrons. The number of hydrogen-bond acceptors (Lipinski definition) is 3. The van der Waals surface area contributed by atoms with Crippen molar-refractivity contribution in [2.24, 2.45) is 0 Å². The van der Waals surface area contributed by atoms with Gasteiger partial charge in [0.15, 0.2) is 0 Å². The molecular weight excluding hydrogens is 412 g/mol. The van der Waals surface area contributed by atoms with E-state index >= 15 is 0 Å². The first-order valence-electron chi connectivity index (χ1n) is 11.8. The smallest absolute Gasteiger partial charge is 0.254 e. The van der Waals surface area contributed by atoms with Gasteiger partial charge in [-0.15, -0.1) is 0 Å². The van der Waals surface area contributed by atoms with Crippen molar-refractivity contribution in [2.75, 3.05) is 18.0 Å². The van der Waals surface area contributed by atoms with Crippen LogP contribution in [0.2, 0.25) is 0 Å². The van der Waals surface area contributed by atoms with Crippen LogP contribution in [0.5, 0.6) is 0 Å². The maximum atomic E-state index is 13.7. The molecule has 0 bridgehead atoms. The van der Waals surface area contributed by atoms with Gasteiger partial charge < -0.3 is 9.80 Å². The molecule has 1 aliphatic heterocycles. The number of benzene rings is 2. The van der Waals surface area contributed by atoms with E-state index in [1.165, 1.54) is 0 Å². The van der Waals surface area contributed by atoms with Gasteiger partial charge in [0.1, 0.15) is 0 Å². The van der Waals surface area contributed by atoms with Crippen molar-refractivity contribution in [3.8, 4) is 5.69 Å². The molecule has 0 aliphatic carbocycles. The number of amides is 2. The van der Waals surface area contributed by atoms with Crippen LogP contribution in [0.25, 0.3) is 5.69 Å². The highest BCUT2D eigenvalue weighted by atomic mass is 16.2. The lowest BCUT2D eigenvalue weighted by atomic mass is 10.1. The van der Waals surface area contributed by atoms with Crippen LogP contribution in [-0.4, -0.2) is 39.6 Å². The number of para-hydroxylation sites is 1. The Balaban J connectivity index is 1.67. The second-order valence-corrected chi connectivity index (χ2v) is 8.75. The van der Waals surface area contributed by atoms with Crippen LogP contribution in [0.15, 0.2) is 60.9 Å². The van der Waals surface area contributed by atoms with Crippen molar-refractivity contribution in [2.45, 2.75) is 52.5 Å². The minimum absolute atomic E-state index is 0.00430. The molecule has 172 valence electrons. The lowest BCUT2D eigenvalue weighted by Gasteiger charge is -2.29. The van der Waals surface area contributed by atoms with Crippen LogP contribution in [0.4, 0.5) is 5.69 Å². The third-order valence-electron chi connectivity index (χ3n) is 6.33. The van der Waals surface area contributed by atoms with Crippen molar-refractivity contribution < 1.29 is 9.59 Å². The Kier molecular flexibility index (Phi) is 7.23. The number of anilines is 1. The van der Waals surface area contributed by atoms with Crippen LogP contribution in [0.1, 0.15) is 60.5 Å². The lowest BCUT2D eigenvalue weighted by molar-refractivity contribution is -0.116. The summed E-state index contributed by atoms with van der Waals surface area (Å²) >= 11 is 0. The van der Waals surface area contributed by atoms with Crippen molar-refractivity contribution in [3.63, 3.8) is 0 Å². The molecular formula is C27H32N4O2. The van der Waals surface area contributed by atoms with Crippen molar-refractivity contribution in [1.29, 1.82) is 0 Å². The molecule has 0 unspecified atom stereocenters. The average molecular weight is 445 g/mol. The molecule has 0 spiro atoms. The van der Waals surface area contributed by atoms with E-state index < -0.39 is 0 Å². The van der Waals surface area contributed by atoms with Crippen molar-refractivity contribution in [1.82, 2.24) is 14.7 Å². The summed E-state index contributed by atoms with van der Waals surface area (Å²) in [5.41, 5.74) is 4.53. The number of hydrogen-bond donors (Lipinski definition) is 0. The number of nitrogens with zero attached hydrogens (tertiary/aromatic N) is 4. The molecule has 0 saturated carbocycles. The molecule has 2 heterocycles. The molecule has 6 nitrogen and oxygen atoms in total. The van der Waals surface area contributed by atoms with E-state index in [9.17, 15) is 9.59 Å². The number of aromatic nitrogens is 2. The minimum Gasteiger partial charge on any atom is -0.334 e. The minimum atomic E-state index is 0.00430. The maximum absolute atomic E-state index is 13.7. The van der Waals surface area contributed by atoms with Crippen LogP contribution >= 0.6 is 0 Å². The number of carbonyl (C=O) groups is 2. The highest BCUT2D eigenvalue weighted by Crippen LogP contribution is 2.25. The van der Waals surface area contributed by atoms with Gasteiger partial charge in [0.05, 0.1) is 5.69 Å². The molecule has 6 heteroatoms. The summed E-state index contributed by atoms with van der Waals surface area (Å²) < 4.78 is 1.79. The largest absolute Gasteiger partial charge is 0.334 e. The number of fused-ring (bicyclic) bond motifs is 1. The lowest BCUT2D eigenvalue weighted by Crippen LogP contribution is -2.34. The molecule has 33 heavy (non-hydrogen) atoms. The first-order chi connectivity index (χ1) is 16.0. The van der Waals surface area contributed by atoms with Gasteiger partial charge in [-0.05, 0) is 55.2 Å². The van der Waals surface area contributed by atoms with Crippen LogP contribution < -0.4 is 4.90 Å². The fourth-order valence-electron chi connectivity index (χ4n) is 4.50. The van der Waals surface area contributed by atoms with Gasteiger partial charge in [-0.2, -0.15) is 5.10 Å². The van der Waals surface area contributed by atoms with Gasteiger partial charge >= 0.3 is 0 Å². The molecule has 1 aromatic heterocycles. The summed E-state index contributed by atoms with van der Waals surface area (Å²) in [7, 11) is 0. The van der Waals surface area contributed by atoms with Crippen LogP contribution in [0.3, 0.4) is 0 Å². The first kappa shape index (κ1) is 22.8. The SMILES string of the molecule is CC(=O)N1CCCCCCCN(C(=O)c2ccc(C)c(-n3cccn3)c2)Cc2ccccc21. The Labute approximate surface area is 195 Å². The Morgan fingerprint density at radius 3 is 2.39 bits per heavy atom. The molecule has 0 N–H and O–H groups in total. The summed E-state index contributed by atoms with van der Waals surface area (Å²) in [4.78, 5) is 29.9. The molecule has 2 amide bonds. The fraction of sp³-hybridized carbons (Fsp3) is 0.370. The molecule has 2 aromatic carbocycles. The van der Waals surface area contributed by atoms with Crippen molar-refractivity contribution in [3.05, 3.63) is 77.6 Å². The zero-order valence-electron chi connectivity index (χ0n) is 19.5. The van der Waals surface area contributed by atoms with Gasteiger partial charge in [-0.25, -0.2) is 4.68 Å². The Bertz CT molecular complexity index is 1110. The van der Waals surface area contributed by atoms with E-state index in [-0.39, 0.29) is 11.8 Å². The third kappa shape index (κ3) is 5.33. The molecule has 0 saturated heterocycles.